The summed E-state index contributed by atoms with van der Waals surface area (Å²) < 4.78 is 5.27. The molecule has 0 saturated carbocycles. The maximum Gasteiger partial charge on any atom is 0.266 e. The van der Waals surface area contributed by atoms with Crippen molar-refractivity contribution < 1.29 is 9.53 Å². The molecule has 3 rings (SSSR count). The predicted molar refractivity (Wildman–Crippen MR) is 134 cm³/mol. The van der Waals surface area contributed by atoms with Crippen LogP contribution in [0.2, 0.25) is 0 Å². The monoisotopic (exact) mass is 457 g/mol. The van der Waals surface area contributed by atoms with Crippen molar-refractivity contribution in [3.63, 3.8) is 0 Å². The Kier molecular flexibility index (Phi) is 7.91. The molecule has 1 aromatic heterocycles. The summed E-state index contributed by atoms with van der Waals surface area (Å²) in [5.74, 6) is 1.12. The summed E-state index contributed by atoms with van der Waals surface area (Å²) in [6.07, 6.45) is 0.676. The number of carbonyl (C=O) groups excluding carboxylic acids is 1. The molecule has 3 aromatic rings. The second-order valence-corrected chi connectivity index (χ2v) is 8.74. The van der Waals surface area contributed by atoms with Gasteiger partial charge in [-0.3, -0.25) is 9.59 Å². The van der Waals surface area contributed by atoms with Gasteiger partial charge in [-0.25, -0.2) is 0 Å². The fraction of sp³-hybridized carbons (Fsp3) is 0.321. The van der Waals surface area contributed by atoms with Gasteiger partial charge in [0, 0.05) is 17.8 Å². The molecule has 0 spiro atoms. The zero-order valence-electron chi connectivity index (χ0n) is 20.4. The summed E-state index contributed by atoms with van der Waals surface area (Å²) in [6, 6.07) is 17.7. The molecule has 0 atom stereocenters. The van der Waals surface area contributed by atoms with Crippen LogP contribution in [0.5, 0.6) is 5.75 Å². The molecule has 0 aliphatic rings. The zero-order chi connectivity index (χ0) is 24.8. The van der Waals surface area contributed by atoms with Gasteiger partial charge in [-0.1, -0.05) is 38.1 Å². The number of ether oxygens (including phenoxy) is 1. The van der Waals surface area contributed by atoms with Crippen molar-refractivity contribution in [3.8, 4) is 11.8 Å². The van der Waals surface area contributed by atoms with Gasteiger partial charge in [0.1, 0.15) is 17.4 Å². The van der Waals surface area contributed by atoms with Crippen LogP contribution in [-0.2, 0) is 17.8 Å². The highest BCUT2D eigenvalue weighted by Gasteiger charge is 2.19. The van der Waals surface area contributed by atoms with E-state index in [9.17, 15) is 14.9 Å². The highest BCUT2D eigenvalue weighted by atomic mass is 16.5. The molecule has 0 aliphatic heterocycles. The number of carbonyl (C=O) groups is 1. The second kappa shape index (κ2) is 10.8. The molecule has 1 N–H and O–H groups in total. The van der Waals surface area contributed by atoms with Gasteiger partial charge in [0.05, 0.1) is 13.7 Å². The molecule has 1 amide bonds. The van der Waals surface area contributed by atoms with E-state index in [-0.39, 0.29) is 17.9 Å². The number of hydrogen-bond donors (Lipinski definition) is 1. The van der Waals surface area contributed by atoms with Crippen LogP contribution in [0, 0.1) is 25.2 Å². The van der Waals surface area contributed by atoms with Crippen molar-refractivity contribution in [1.29, 1.82) is 5.26 Å². The van der Waals surface area contributed by atoms with Gasteiger partial charge in [0.15, 0.2) is 0 Å². The molecule has 0 radical (unpaired) electrons. The average Bonchev–Trinajstić information content (AvgIpc) is 2.82. The molecule has 0 unspecified atom stereocenters. The second-order valence-electron chi connectivity index (χ2n) is 8.74. The van der Waals surface area contributed by atoms with Crippen molar-refractivity contribution in [1.82, 2.24) is 4.98 Å². The number of nitrogens with one attached hydrogen (secondary N) is 1. The lowest BCUT2D eigenvalue weighted by Gasteiger charge is -2.24. The summed E-state index contributed by atoms with van der Waals surface area (Å²) in [7, 11) is 1.61. The Morgan fingerprint density at radius 3 is 2.29 bits per heavy atom. The summed E-state index contributed by atoms with van der Waals surface area (Å²) in [5.41, 5.74) is 4.95. The summed E-state index contributed by atoms with van der Waals surface area (Å²) >= 11 is 0. The lowest BCUT2D eigenvalue weighted by molar-refractivity contribution is -0.118. The molecular formula is C28H31N3O3. The largest absolute Gasteiger partial charge is 0.497 e. The Labute approximate surface area is 200 Å². The number of pyridine rings is 1. The number of aryl methyl sites for hydroxylation is 1. The average molecular weight is 458 g/mol. The number of nitrogens with zero attached hydrogens (tertiary/aromatic N) is 2. The number of aromatic nitrogens is 1. The quantitative estimate of drug-likeness (QED) is 0.506. The summed E-state index contributed by atoms with van der Waals surface area (Å²) in [6.45, 7) is 8.31. The fourth-order valence-corrected chi connectivity index (χ4v) is 4.06. The van der Waals surface area contributed by atoms with E-state index in [0.29, 0.717) is 30.1 Å². The number of nitriles is 1. The van der Waals surface area contributed by atoms with E-state index >= 15 is 0 Å². The first-order valence-electron chi connectivity index (χ1n) is 11.4. The van der Waals surface area contributed by atoms with E-state index < -0.39 is 5.56 Å². The zero-order valence-corrected chi connectivity index (χ0v) is 20.4. The summed E-state index contributed by atoms with van der Waals surface area (Å²) in [5, 5.41) is 9.33. The first-order valence-corrected chi connectivity index (χ1v) is 11.4. The molecule has 0 bridgehead atoms. The van der Waals surface area contributed by atoms with Crippen molar-refractivity contribution in [3.05, 3.63) is 92.4 Å². The lowest BCUT2D eigenvalue weighted by Crippen LogP contribution is -2.31. The molecule has 176 valence electrons. The number of hydrogen-bond acceptors (Lipinski definition) is 4. The standard InChI is InChI=1S/C28H31N3O3/c1-18(2)22-8-6-21(7-9-22)17-31(23-10-12-24(34-5)13-11-23)27(32)15-14-25-19(3)26(16-29)28(33)30-20(25)4/h6-13,18H,14-15,17H2,1-5H3,(H,30,33). The maximum absolute atomic E-state index is 13.5. The van der Waals surface area contributed by atoms with E-state index in [1.807, 2.05) is 30.3 Å². The molecule has 1 heterocycles. The van der Waals surface area contributed by atoms with Crippen LogP contribution in [0.3, 0.4) is 0 Å². The normalized spacial score (nSPS) is 10.7. The number of methoxy groups -OCH3 is 1. The third kappa shape index (κ3) is 5.55. The number of benzene rings is 2. The predicted octanol–water partition coefficient (Wildman–Crippen LogP) is 5.16. The fourth-order valence-electron chi connectivity index (χ4n) is 4.06. The van der Waals surface area contributed by atoms with Gasteiger partial charge in [-0.15, -0.1) is 0 Å². The van der Waals surface area contributed by atoms with Crippen LogP contribution in [-0.4, -0.2) is 18.0 Å². The SMILES string of the molecule is COc1ccc(N(Cc2ccc(C(C)C)cc2)C(=O)CCc2c(C)[nH]c(=O)c(C#N)c2C)cc1. The first-order chi connectivity index (χ1) is 16.2. The van der Waals surface area contributed by atoms with E-state index in [0.717, 1.165) is 22.6 Å². The molecule has 6 nitrogen and oxygen atoms in total. The first kappa shape index (κ1) is 24.8. The minimum Gasteiger partial charge on any atom is -0.497 e. The Hall–Kier alpha value is -3.85. The van der Waals surface area contributed by atoms with Crippen molar-refractivity contribution in [2.75, 3.05) is 12.0 Å². The highest BCUT2D eigenvalue weighted by Crippen LogP contribution is 2.24. The van der Waals surface area contributed by atoms with Crippen LogP contribution in [0.15, 0.2) is 53.3 Å². The van der Waals surface area contributed by atoms with Gasteiger partial charge < -0.3 is 14.6 Å². The molecule has 0 fully saturated rings. The Morgan fingerprint density at radius 1 is 1.09 bits per heavy atom. The van der Waals surface area contributed by atoms with Crippen molar-refractivity contribution in [2.24, 2.45) is 0 Å². The Morgan fingerprint density at radius 2 is 1.74 bits per heavy atom. The van der Waals surface area contributed by atoms with Gasteiger partial charge in [0.25, 0.3) is 5.56 Å². The van der Waals surface area contributed by atoms with Crippen LogP contribution in [0.4, 0.5) is 5.69 Å². The number of rotatable bonds is 8. The number of aromatic amines is 1. The molecule has 0 aliphatic carbocycles. The number of anilines is 1. The van der Waals surface area contributed by atoms with Crippen molar-refractivity contribution in [2.45, 2.75) is 53.0 Å². The topological polar surface area (TPSA) is 86.2 Å². The Bertz CT molecular complexity index is 1250. The smallest absolute Gasteiger partial charge is 0.266 e. The van der Waals surface area contributed by atoms with E-state index in [2.05, 4.69) is 43.1 Å². The molecule has 2 aromatic carbocycles. The maximum atomic E-state index is 13.5. The minimum atomic E-state index is -0.391. The third-order valence-corrected chi connectivity index (χ3v) is 6.18. The number of H-pyrrole nitrogens is 1. The highest BCUT2D eigenvalue weighted by molar-refractivity contribution is 5.93. The molecule has 0 saturated heterocycles. The van der Waals surface area contributed by atoms with Crippen LogP contribution < -0.4 is 15.2 Å². The molecule has 34 heavy (non-hydrogen) atoms. The van der Waals surface area contributed by atoms with E-state index in [1.54, 1.807) is 25.9 Å². The lowest BCUT2D eigenvalue weighted by atomic mass is 9.98. The van der Waals surface area contributed by atoms with Crippen LogP contribution >= 0.6 is 0 Å². The Balaban J connectivity index is 1.87. The molecular weight excluding hydrogens is 426 g/mol. The summed E-state index contributed by atoms with van der Waals surface area (Å²) in [4.78, 5) is 30.0. The van der Waals surface area contributed by atoms with Crippen LogP contribution in [0.25, 0.3) is 0 Å². The number of amides is 1. The third-order valence-electron chi connectivity index (χ3n) is 6.18. The van der Waals surface area contributed by atoms with E-state index in [4.69, 9.17) is 4.74 Å². The van der Waals surface area contributed by atoms with Gasteiger partial charge in [-0.2, -0.15) is 5.26 Å². The van der Waals surface area contributed by atoms with Crippen LogP contribution in [0.1, 0.15) is 59.7 Å². The van der Waals surface area contributed by atoms with Gasteiger partial charge in [-0.05, 0) is 72.7 Å². The van der Waals surface area contributed by atoms with Crippen molar-refractivity contribution >= 4 is 11.6 Å². The van der Waals surface area contributed by atoms with Gasteiger partial charge in [0.2, 0.25) is 5.91 Å². The minimum absolute atomic E-state index is 0.0402. The molecule has 6 heteroatoms. The van der Waals surface area contributed by atoms with Gasteiger partial charge >= 0.3 is 0 Å². The van der Waals surface area contributed by atoms with E-state index in [1.165, 1.54) is 5.56 Å².